The SMILES string of the molecule is COCCOC=C[Si]. The van der Waals surface area contributed by atoms with Crippen molar-refractivity contribution in [3.05, 3.63) is 12.0 Å². The Hall–Kier alpha value is -0.283. The summed E-state index contributed by atoms with van der Waals surface area (Å²) >= 11 is 0. The average Bonchev–Trinajstić information content (AvgIpc) is 1.81. The van der Waals surface area contributed by atoms with Crippen LogP contribution in [0.25, 0.3) is 0 Å². The molecule has 0 atom stereocenters. The summed E-state index contributed by atoms with van der Waals surface area (Å²) < 4.78 is 9.58. The van der Waals surface area contributed by atoms with E-state index in [1.165, 1.54) is 0 Å². The second kappa shape index (κ2) is 6.72. The molecule has 0 heterocycles. The lowest BCUT2D eigenvalue weighted by Crippen LogP contribution is -1.96. The molecule has 2 nitrogen and oxygen atoms in total. The number of methoxy groups -OCH3 is 1. The molecule has 0 aliphatic carbocycles. The van der Waals surface area contributed by atoms with Gasteiger partial charge in [-0.3, -0.25) is 0 Å². The zero-order valence-electron chi connectivity index (χ0n) is 4.89. The number of ether oxygens (including phenoxy) is 2. The second-order valence-corrected chi connectivity index (χ2v) is 1.50. The maximum absolute atomic E-state index is 4.87. The summed E-state index contributed by atoms with van der Waals surface area (Å²) in [5.41, 5.74) is 1.65. The standard InChI is InChI=1S/C5H9O2Si/c1-6-2-3-7-4-5-8/h4-5H,2-3H2,1H3. The Bertz CT molecular complexity index is 63.4. The third-order valence-corrected chi connectivity index (χ3v) is 0.706. The predicted molar refractivity (Wildman–Crippen MR) is 32.7 cm³/mol. The molecule has 0 amide bonds. The van der Waals surface area contributed by atoms with E-state index in [2.05, 4.69) is 10.2 Å². The summed E-state index contributed by atoms with van der Waals surface area (Å²) in [6, 6.07) is 0. The van der Waals surface area contributed by atoms with Gasteiger partial charge in [0.15, 0.2) is 0 Å². The first-order valence-electron chi connectivity index (χ1n) is 2.34. The average molecular weight is 129 g/mol. The van der Waals surface area contributed by atoms with Crippen molar-refractivity contribution < 1.29 is 9.47 Å². The monoisotopic (exact) mass is 129 g/mol. The first-order valence-corrected chi connectivity index (χ1v) is 2.92. The lowest BCUT2D eigenvalue weighted by molar-refractivity contribution is 0.124. The number of hydrogen-bond acceptors (Lipinski definition) is 2. The third kappa shape index (κ3) is 5.72. The minimum Gasteiger partial charge on any atom is -0.500 e. The summed E-state index contributed by atoms with van der Waals surface area (Å²) in [6.45, 7) is 1.24. The highest BCUT2D eigenvalue weighted by atomic mass is 28.1. The van der Waals surface area contributed by atoms with Gasteiger partial charge in [0.05, 0.1) is 23.1 Å². The van der Waals surface area contributed by atoms with Crippen LogP contribution >= 0.6 is 0 Å². The van der Waals surface area contributed by atoms with Crippen molar-refractivity contribution in [2.24, 2.45) is 0 Å². The molecular weight excluding hydrogens is 120 g/mol. The highest BCUT2D eigenvalue weighted by Crippen LogP contribution is 1.74. The second-order valence-electron chi connectivity index (χ2n) is 1.17. The van der Waals surface area contributed by atoms with Gasteiger partial charge in [-0.2, -0.15) is 0 Å². The van der Waals surface area contributed by atoms with Crippen molar-refractivity contribution in [1.29, 1.82) is 0 Å². The van der Waals surface area contributed by atoms with E-state index in [1.807, 2.05) is 0 Å². The molecule has 0 bridgehead atoms. The van der Waals surface area contributed by atoms with Crippen molar-refractivity contribution in [3.63, 3.8) is 0 Å². The minimum atomic E-state index is 0.609. The van der Waals surface area contributed by atoms with Gasteiger partial charge in [-0.25, -0.2) is 0 Å². The van der Waals surface area contributed by atoms with Gasteiger partial charge in [0, 0.05) is 7.11 Å². The number of hydrogen-bond donors (Lipinski definition) is 0. The fourth-order valence-electron chi connectivity index (χ4n) is 0.248. The van der Waals surface area contributed by atoms with Gasteiger partial charge in [0.2, 0.25) is 0 Å². The Balaban J connectivity index is 2.72. The van der Waals surface area contributed by atoms with E-state index in [4.69, 9.17) is 9.47 Å². The van der Waals surface area contributed by atoms with Gasteiger partial charge >= 0.3 is 0 Å². The third-order valence-electron chi connectivity index (χ3n) is 0.570. The zero-order valence-corrected chi connectivity index (χ0v) is 5.89. The van der Waals surface area contributed by atoms with Crippen LogP contribution < -0.4 is 0 Å². The van der Waals surface area contributed by atoms with Crippen LogP contribution in [0.3, 0.4) is 0 Å². The van der Waals surface area contributed by atoms with Gasteiger partial charge in [-0.05, 0) is 0 Å². The lowest BCUT2D eigenvalue weighted by atomic mass is 10.8. The van der Waals surface area contributed by atoms with Crippen LogP contribution in [0.2, 0.25) is 0 Å². The summed E-state index contributed by atoms with van der Waals surface area (Å²) in [5.74, 6) is 0. The fourth-order valence-corrected chi connectivity index (χ4v) is 0.344. The van der Waals surface area contributed by atoms with E-state index in [9.17, 15) is 0 Å². The molecule has 3 heteroatoms. The Morgan fingerprint density at radius 2 is 2.25 bits per heavy atom. The molecule has 3 radical (unpaired) electrons. The smallest absolute Gasteiger partial charge is 0.111 e. The van der Waals surface area contributed by atoms with Gasteiger partial charge in [-0.15, -0.1) is 0 Å². The summed E-state index contributed by atoms with van der Waals surface area (Å²) in [7, 11) is 4.74. The van der Waals surface area contributed by atoms with Crippen molar-refractivity contribution >= 4 is 10.2 Å². The topological polar surface area (TPSA) is 18.5 Å². The van der Waals surface area contributed by atoms with E-state index in [1.54, 1.807) is 19.1 Å². The maximum atomic E-state index is 4.87. The maximum Gasteiger partial charge on any atom is 0.111 e. The number of rotatable bonds is 4. The van der Waals surface area contributed by atoms with Crippen molar-refractivity contribution in [3.8, 4) is 0 Å². The van der Waals surface area contributed by atoms with E-state index in [0.29, 0.717) is 13.2 Å². The van der Waals surface area contributed by atoms with Crippen molar-refractivity contribution in [2.45, 2.75) is 0 Å². The Morgan fingerprint density at radius 1 is 1.50 bits per heavy atom. The summed E-state index contributed by atoms with van der Waals surface area (Å²) in [6.07, 6.45) is 1.57. The normalized spacial score (nSPS) is 10.2. The largest absolute Gasteiger partial charge is 0.500 e. The molecule has 0 N–H and O–H groups in total. The van der Waals surface area contributed by atoms with E-state index >= 15 is 0 Å². The molecule has 0 aromatic rings. The molecule has 0 aromatic carbocycles. The molecule has 0 saturated heterocycles. The van der Waals surface area contributed by atoms with E-state index in [0.717, 1.165) is 0 Å². The molecule has 8 heavy (non-hydrogen) atoms. The molecule has 0 aliphatic heterocycles. The first-order chi connectivity index (χ1) is 3.91. The molecule has 0 saturated carbocycles. The Labute approximate surface area is 52.9 Å². The fraction of sp³-hybridized carbons (Fsp3) is 0.600. The van der Waals surface area contributed by atoms with Gasteiger partial charge in [0.1, 0.15) is 6.61 Å². The summed E-state index contributed by atoms with van der Waals surface area (Å²) in [4.78, 5) is 0. The molecule has 0 unspecified atom stereocenters. The van der Waals surface area contributed by atoms with Crippen LogP contribution in [0.15, 0.2) is 12.0 Å². The van der Waals surface area contributed by atoms with Gasteiger partial charge in [0.25, 0.3) is 0 Å². The first kappa shape index (κ1) is 7.72. The highest BCUT2D eigenvalue weighted by Gasteiger charge is 1.76. The molecular formula is C5H9O2Si. The van der Waals surface area contributed by atoms with Gasteiger partial charge in [-0.1, -0.05) is 5.70 Å². The van der Waals surface area contributed by atoms with E-state index in [-0.39, 0.29) is 0 Å². The molecule has 0 rings (SSSR count). The minimum absolute atomic E-state index is 0.609. The molecule has 0 aliphatic rings. The molecule has 45 valence electrons. The van der Waals surface area contributed by atoms with Crippen molar-refractivity contribution in [1.82, 2.24) is 0 Å². The van der Waals surface area contributed by atoms with E-state index < -0.39 is 0 Å². The van der Waals surface area contributed by atoms with Crippen LogP contribution in [0.5, 0.6) is 0 Å². The van der Waals surface area contributed by atoms with Crippen molar-refractivity contribution in [2.75, 3.05) is 20.3 Å². The zero-order chi connectivity index (χ0) is 6.24. The predicted octanol–water partition coefficient (Wildman–Crippen LogP) is 0.289. The van der Waals surface area contributed by atoms with Crippen LogP contribution in [0.4, 0.5) is 0 Å². The van der Waals surface area contributed by atoms with Crippen LogP contribution in [-0.4, -0.2) is 30.6 Å². The molecule has 0 aromatic heterocycles. The highest BCUT2D eigenvalue weighted by molar-refractivity contribution is 6.16. The van der Waals surface area contributed by atoms with Crippen LogP contribution in [-0.2, 0) is 9.47 Å². The lowest BCUT2D eigenvalue weighted by Gasteiger charge is -1.96. The molecule has 0 spiro atoms. The van der Waals surface area contributed by atoms with Gasteiger partial charge < -0.3 is 9.47 Å². The Morgan fingerprint density at radius 3 is 2.75 bits per heavy atom. The quantitative estimate of drug-likeness (QED) is 0.308. The molecule has 0 fully saturated rings. The van der Waals surface area contributed by atoms with Crippen LogP contribution in [0.1, 0.15) is 0 Å². The van der Waals surface area contributed by atoms with Crippen LogP contribution in [0, 0.1) is 0 Å². The Kier molecular flexibility index (Phi) is 6.48. The summed E-state index contributed by atoms with van der Waals surface area (Å²) in [5, 5.41) is 0.